The largest absolute Gasteiger partial charge is 0.365 e. The van der Waals surface area contributed by atoms with Gasteiger partial charge in [0.15, 0.2) is 0 Å². The molecule has 2 aliphatic rings. The summed E-state index contributed by atoms with van der Waals surface area (Å²) in [5, 5.41) is 0. The van der Waals surface area contributed by atoms with Crippen molar-refractivity contribution in [2.75, 3.05) is 0 Å². The van der Waals surface area contributed by atoms with Gasteiger partial charge in [0.2, 0.25) is 0 Å². The highest BCUT2D eigenvalue weighted by Gasteiger charge is 2.62. The monoisotopic (exact) mass is 202 g/mol. The second-order valence-electron chi connectivity index (χ2n) is 3.15. The molecule has 1 aliphatic carbocycles. The fourth-order valence-electron chi connectivity index (χ4n) is 1.87. The van der Waals surface area contributed by atoms with Crippen LogP contribution in [0.15, 0.2) is 12.7 Å². The number of fused-ring (bicyclic) bond motifs is 1. The molecule has 10 heavy (non-hydrogen) atoms. The standard InChI is InChI=1S/C8H11BrO/c1-2-4-8-5-3-6(9)7(8)10-8/h2,6-7H,1,3-5H2. The molecule has 0 N–H and O–H groups in total. The van der Waals surface area contributed by atoms with Gasteiger partial charge >= 0.3 is 0 Å². The minimum absolute atomic E-state index is 0.218. The summed E-state index contributed by atoms with van der Waals surface area (Å²) in [5.74, 6) is 0. The quantitative estimate of drug-likeness (QED) is 0.381. The Hall–Kier alpha value is 0.180. The number of alkyl halides is 1. The molecular weight excluding hydrogens is 192 g/mol. The van der Waals surface area contributed by atoms with E-state index in [-0.39, 0.29) is 5.60 Å². The summed E-state index contributed by atoms with van der Waals surface area (Å²) >= 11 is 3.59. The summed E-state index contributed by atoms with van der Waals surface area (Å²) in [7, 11) is 0. The van der Waals surface area contributed by atoms with Gasteiger partial charge in [0.25, 0.3) is 0 Å². The van der Waals surface area contributed by atoms with Gasteiger partial charge in [0.1, 0.15) is 6.10 Å². The topological polar surface area (TPSA) is 12.5 Å². The van der Waals surface area contributed by atoms with Gasteiger partial charge in [-0.05, 0) is 19.3 Å². The lowest BCUT2D eigenvalue weighted by molar-refractivity contribution is 0.256. The number of halogens is 1. The molecule has 2 rings (SSSR count). The van der Waals surface area contributed by atoms with Gasteiger partial charge in [0.05, 0.1) is 5.60 Å². The molecule has 1 saturated carbocycles. The third-order valence-corrected chi connectivity index (χ3v) is 3.42. The normalized spacial score (nSPS) is 50.5. The van der Waals surface area contributed by atoms with Crippen molar-refractivity contribution in [1.82, 2.24) is 0 Å². The van der Waals surface area contributed by atoms with Crippen LogP contribution in [0.1, 0.15) is 19.3 Å². The third-order valence-electron chi connectivity index (χ3n) is 2.48. The van der Waals surface area contributed by atoms with Crippen LogP contribution < -0.4 is 0 Å². The van der Waals surface area contributed by atoms with Crippen LogP contribution in [0, 0.1) is 0 Å². The van der Waals surface area contributed by atoms with Crippen molar-refractivity contribution in [1.29, 1.82) is 0 Å². The van der Waals surface area contributed by atoms with Crippen molar-refractivity contribution in [2.45, 2.75) is 35.8 Å². The minimum Gasteiger partial charge on any atom is -0.365 e. The van der Waals surface area contributed by atoms with Gasteiger partial charge < -0.3 is 4.74 Å². The summed E-state index contributed by atoms with van der Waals surface area (Å²) in [6.45, 7) is 3.73. The summed E-state index contributed by atoms with van der Waals surface area (Å²) in [4.78, 5) is 0.604. The predicted molar refractivity (Wildman–Crippen MR) is 44.4 cm³/mol. The molecule has 0 amide bonds. The highest BCUT2D eigenvalue weighted by Crippen LogP contribution is 2.54. The SMILES string of the molecule is C=CCC12CCC(Br)C1O2. The Labute approximate surface area is 69.6 Å². The molecule has 1 saturated heterocycles. The number of hydrogen-bond donors (Lipinski definition) is 0. The van der Waals surface area contributed by atoms with Crippen LogP contribution in [0.2, 0.25) is 0 Å². The van der Waals surface area contributed by atoms with E-state index in [0.29, 0.717) is 10.9 Å². The molecule has 1 aliphatic heterocycles. The average molecular weight is 203 g/mol. The van der Waals surface area contributed by atoms with E-state index in [0.717, 1.165) is 6.42 Å². The Bertz CT molecular complexity index is 169. The summed E-state index contributed by atoms with van der Waals surface area (Å²) in [6.07, 6.45) is 5.95. The van der Waals surface area contributed by atoms with Crippen LogP contribution in [0.4, 0.5) is 0 Å². The van der Waals surface area contributed by atoms with E-state index in [4.69, 9.17) is 4.74 Å². The first kappa shape index (κ1) is 6.86. The molecule has 56 valence electrons. The Balaban J connectivity index is 2.03. The third kappa shape index (κ3) is 0.785. The molecule has 3 atom stereocenters. The summed E-state index contributed by atoms with van der Waals surface area (Å²) in [6, 6.07) is 0. The Morgan fingerprint density at radius 1 is 1.80 bits per heavy atom. The average Bonchev–Trinajstić information content (AvgIpc) is 2.54. The number of ether oxygens (including phenoxy) is 1. The molecule has 0 spiro atoms. The molecule has 2 heteroatoms. The molecule has 0 aromatic carbocycles. The fourth-order valence-corrected chi connectivity index (χ4v) is 2.69. The predicted octanol–water partition coefficient (Wildman–Crippen LogP) is 2.26. The van der Waals surface area contributed by atoms with Gasteiger partial charge in [-0.15, -0.1) is 6.58 Å². The maximum Gasteiger partial charge on any atom is 0.100 e. The van der Waals surface area contributed by atoms with E-state index in [2.05, 4.69) is 22.5 Å². The van der Waals surface area contributed by atoms with Gasteiger partial charge in [0, 0.05) is 4.83 Å². The molecule has 0 bridgehead atoms. The van der Waals surface area contributed by atoms with Crippen molar-refractivity contribution in [3.63, 3.8) is 0 Å². The van der Waals surface area contributed by atoms with E-state index < -0.39 is 0 Å². The second-order valence-corrected chi connectivity index (χ2v) is 4.33. The van der Waals surface area contributed by atoms with Crippen molar-refractivity contribution < 1.29 is 4.74 Å². The van der Waals surface area contributed by atoms with E-state index in [1.165, 1.54) is 12.8 Å². The maximum absolute atomic E-state index is 5.57. The van der Waals surface area contributed by atoms with E-state index >= 15 is 0 Å². The Morgan fingerprint density at radius 3 is 3.00 bits per heavy atom. The smallest absolute Gasteiger partial charge is 0.100 e. The summed E-state index contributed by atoms with van der Waals surface area (Å²) < 4.78 is 5.57. The fraction of sp³-hybridized carbons (Fsp3) is 0.750. The Morgan fingerprint density at radius 2 is 2.60 bits per heavy atom. The number of hydrogen-bond acceptors (Lipinski definition) is 1. The zero-order chi connectivity index (χ0) is 7.19. The molecule has 1 heterocycles. The highest BCUT2D eigenvalue weighted by molar-refractivity contribution is 9.09. The van der Waals surface area contributed by atoms with E-state index in [1.807, 2.05) is 6.08 Å². The van der Waals surface area contributed by atoms with Crippen LogP contribution in [-0.2, 0) is 4.74 Å². The number of rotatable bonds is 2. The van der Waals surface area contributed by atoms with E-state index in [9.17, 15) is 0 Å². The highest BCUT2D eigenvalue weighted by atomic mass is 79.9. The lowest BCUT2D eigenvalue weighted by Gasteiger charge is -2.02. The van der Waals surface area contributed by atoms with Crippen LogP contribution in [0.3, 0.4) is 0 Å². The van der Waals surface area contributed by atoms with Gasteiger partial charge in [-0.2, -0.15) is 0 Å². The van der Waals surface area contributed by atoms with Crippen molar-refractivity contribution in [3.05, 3.63) is 12.7 Å². The number of epoxide rings is 1. The zero-order valence-corrected chi connectivity index (χ0v) is 7.43. The van der Waals surface area contributed by atoms with E-state index in [1.54, 1.807) is 0 Å². The molecule has 0 radical (unpaired) electrons. The second kappa shape index (κ2) is 2.08. The molecule has 2 fully saturated rings. The van der Waals surface area contributed by atoms with Crippen molar-refractivity contribution in [3.8, 4) is 0 Å². The molecule has 3 unspecified atom stereocenters. The minimum atomic E-state index is 0.218. The Kier molecular flexibility index (Phi) is 1.43. The molecule has 0 aromatic heterocycles. The van der Waals surface area contributed by atoms with Crippen LogP contribution >= 0.6 is 15.9 Å². The van der Waals surface area contributed by atoms with Crippen LogP contribution in [-0.4, -0.2) is 16.5 Å². The zero-order valence-electron chi connectivity index (χ0n) is 5.85. The first-order valence-corrected chi connectivity index (χ1v) is 4.63. The first-order valence-electron chi connectivity index (χ1n) is 3.71. The van der Waals surface area contributed by atoms with Crippen molar-refractivity contribution in [2.24, 2.45) is 0 Å². The lowest BCUT2D eigenvalue weighted by Crippen LogP contribution is -2.08. The van der Waals surface area contributed by atoms with Crippen LogP contribution in [0.5, 0.6) is 0 Å². The molecule has 1 nitrogen and oxygen atoms in total. The van der Waals surface area contributed by atoms with Gasteiger partial charge in [-0.3, -0.25) is 0 Å². The lowest BCUT2D eigenvalue weighted by atomic mass is 10.0. The molecule has 0 aromatic rings. The first-order chi connectivity index (χ1) is 4.78. The van der Waals surface area contributed by atoms with Crippen molar-refractivity contribution >= 4 is 15.9 Å². The van der Waals surface area contributed by atoms with Gasteiger partial charge in [-0.1, -0.05) is 22.0 Å². The molecular formula is C8H11BrO. The summed E-state index contributed by atoms with van der Waals surface area (Å²) in [5.41, 5.74) is 0.218. The van der Waals surface area contributed by atoms with Crippen LogP contribution in [0.25, 0.3) is 0 Å². The maximum atomic E-state index is 5.57. The van der Waals surface area contributed by atoms with Gasteiger partial charge in [-0.25, -0.2) is 0 Å².